The van der Waals surface area contributed by atoms with Crippen molar-refractivity contribution in [3.8, 4) is 17.1 Å². The number of carbonyl (C=O) groups excluding carboxylic acids is 2. The second-order valence-electron chi connectivity index (χ2n) is 8.27. The molecule has 1 aromatic carbocycles. The summed E-state index contributed by atoms with van der Waals surface area (Å²) in [6.07, 6.45) is 3.28. The molecule has 10 heteroatoms. The van der Waals surface area contributed by atoms with Crippen molar-refractivity contribution in [2.75, 3.05) is 24.4 Å². The number of hydrogen-bond acceptors (Lipinski definition) is 8. The number of carbonyl (C=O) groups is 2. The molecule has 0 unspecified atom stereocenters. The van der Waals surface area contributed by atoms with Gasteiger partial charge in [-0.25, -0.2) is 19.6 Å². The van der Waals surface area contributed by atoms with Gasteiger partial charge in [-0.1, -0.05) is 30.3 Å². The van der Waals surface area contributed by atoms with Crippen LogP contribution in [-0.2, 0) is 16.1 Å². The van der Waals surface area contributed by atoms with E-state index in [-0.39, 0.29) is 12.5 Å². The third kappa shape index (κ3) is 6.64. The zero-order chi connectivity index (χ0) is 24.7. The van der Waals surface area contributed by atoms with E-state index in [0.29, 0.717) is 22.8 Å². The van der Waals surface area contributed by atoms with Gasteiger partial charge in [0.15, 0.2) is 5.82 Å². The van der Waals surface area contributed by atoms with Crippen molar-refractivity contribution in [3.05, 3.63) is 60.6 Å². The first kappa shape index (κ1) is 24.4. The summed E-state index contributed by atoms with van der Waals surface area (Å²) in [5, 5.41) is 2.64. The number of pyridine rings is 1. The van der Waals surface area contributed by atoms with Crippen LogP contribution in [0, 0.1) is 0 Å². The second kappa shape index (κ2) is 10.6. The number of methoxy groups -OCH3 is 1. The van der Waals surface area contributed by atoms with Crippen molar-refractivity contribution >= 4 is 23.7 Å². The zero-order valence-corrected chi connectivity index (χ0v) is 19.7. The fourth-order valence-electron chi connectivity index (χ4n) is 2.79. The van der Waals surface area contributed by atoms with Crippen LogP contribution in [0.25, 0.3) is 11.3 Å². The van der Waals surface area contributed by atoms with E-state index in [1.54, 1.807) is 33.9 Å². The molecule has 0 aliphatic carbocycles. The molecule has 34 heavy (non-hydrogen) atoms. The first-order chi connectivity index (χ1) is 16.2. The highest BCUT2D eigenvalue weighted by atomic mass is 16.6. The minimum absolute atomic E-state index is 0.118. The number of ether oxygens (including phenoxy) is 3. The molecule has 3 aromatic rings. The van der Waals surface area contributed by atoms with Gasteiger partial charge in [-0.3, -0.25) is 15.2 Å². The van der Waals surface area contributed by atoms with Gasteiger partial charge in [0.05, 0.1) is 25.2 Å². The molecule has 0 fully saturated rings. The van der Waals surface area contributed by atoms with E-state index in [0.717, 1.165) is 5.56 Å². The van der Waals surface area contributed by atoms with Gasteiger partial charge in [0.2, 0.25) is 5.88 Å². The van der Waals surface area contributed by atoms with Crippen LogP contribution in [-0.4, -0.2) is 46.9 Å². The molecule has 0 atom stereocenters. The zero-order valence-electron chi connectivity index (χ0n) is 19.7. The molecule has 0 saturated heterocycles. The number of nitrogens with zero attached hydrogens (tertiary/aromatic N) is 4. The number of anilines is 2. The smallest absolute Gasteiger partial charge is 0.415 e. The Kier molecular flexibility index (Phi) is 7.62. The lowest BCUT2D eigenvalue weighted by Crippen LogP contribution is -2.34. The van der Waals surface area contributed by atoms with E-state index in [1.807, 2.05) is 30.3 Å². The van der Waals surface area contributed by atoms with Crippen molar-refractivity contribution in [2.24, 2.45) is 0 Å². The Morgan fingerprint density at radius 2 is 1.82 bits per heavy atom. The Hall–Kier alpha value is -4.21. The molecule has 2 heterocycles. The summed E-state index contributed by atoms with van der Waals surface area (Å²) in [5.74, 6) is 0.495. The second-order valence-corrected chi connectivity index (χ2v) is 8.27. The largest absolute Gasteiger partial charge is 0.480 e. The highest BCUT2D eigenvalue weighted by molar-refractivity contribution is 5.88. The number of rotatable bonds is 6. The van der Waals surface area contributed by atoms with Gasteiger partial charge in [-0.2, -0.15) is 0 Å². The van der Waals surface area contributed by atoms with Crippen LogP contribution in [0.15, 0.2) is 55.0 Å². The highest BCUT2D eigenvalue weighted by Crippen LogP contribution is 2.28. The molecule has 0 spiro atoms. The summed E-state index contributed by atoms with van der Waals surface area (Å²) in [7, 11) is 2.99. The summed E-state index contributed by atoms with van der Waals surface area (Å²) < 4.78 is 15.9. The molecule has 2 amide bonds. The molecule has 0 aliphatic heterocycles. The number of nitrogens with one attached hydrogen (secondary N) is 1. The van der Waals surface area contributed by atoms with E-state index in [9.17, 15) is 9.59 Å². The lowest BCUT2D eigenvalue weighted by molar-refractivity contribution is 0.0588. The predicted molar refractivity (Wildman–Crippen MR) is 127 cm³/mol. The number of hydrogen-bond donors (Lipinski definition) is 1. The van der Waals surface area contributed by atoms with Crippen molar-refractivity contribution in [1.29, 1.82) is 0 Å². The van der Waals surface area contributed by atoms with Crippen LogP contribution in [0.5, 0.6) is 5.88 Å². The van der Waals surface area contributed by atoms with Gasteiger partial charge in [0.1, 0.15) is 17.9 Å². The van der Waals surface area contributed by atoms with Gasteiger partial charge in [-0.05, 0) is 32.4 Å². The predicted octanol–water partition coefficient (Wildman–Crippen LogP) is 4.67. The van der Waals surface area contributed by atoms with Crippen LogP contribution >= 0.6 is 0 Å². The minimum atomic E-state index is -0.661. The minimum Gasteiger partial charge on any atom is -0.480 e. The normalized spacial score (nSPS) is 10.9. The van der Waals surface area contributed by atoms with Crippen molar-refractivity contribution in [2.45, 2.75) is 33.0 Å². The van der Waals surface area contributed by atoms with E-state index >= 15 is 0 Å². The number of aromatic nitrogens is 3. The SMILES string of the molecule is COc1ncc(-c2cncc(N(C)C(=O)OC(C)(C)C)n2)cc1NC(=O)OCc1ccccc1. The fraction of sp³-hybridized carbons (Fsp3) is 0.292. The monoisotopic (exact) mass is 465 g/mol. The Morgan fingerprint density at radius 3 is 2.50 bits per heavy atom. The van der Waals surface area contributed by atoms with Crippen molar-refractivity contribution in [1.82, 2.24) is 15.0 Å². The number of benzene rings is 1. The van der Waals surface area contributed by atoms with Gasteiger partial charge in [0, 0.05) is 18.8 Å². The maximum atomic E-state index is 12.4. The standard InChI is InChI=1S/C24H27N5O5/c1-24(2,3)34-23(31)29(4)20-14-25-13-19(27-20)17-11-18(21(32-5)26-12-17)28-22(30)33-15-16-9-7-6-8-10-16/h6-14H,15H2,1-5H3,(H,28,30). The van der Waals surface area contributed by atoms with E-state index in [4.69, 9.17) is 14.2 Å². The molecule has 3 rings (SSSR count). The van der Waals surface area contributed by atoms with Gasteiger partial charge < -0.3 is 14.2 Å². The Balaban J connectivity index is 1.77. The van der Waals surface area contributed by atoms with Gasteiger partial charge in [0.25, 0.3) is 0 Å². The average Bonchev–Trinajstić information content (AvgIpc) is 2.82. The van der Waals surface area contributed by atoms with E-state index < -0.39 is 17.8 Å². The van der Waals surface area contributed by atoms with Crippen molar-refractivity contribution in [3.63, 3.8) is 0 Å². The quantitative estimate of drug-likeness (QED) is 0.558. The molecule has 2 aromatic heterocycles. The Morgan fingerprint density at radius 1 is 1.09 bits per heavy atom. The lowest BCUT2D eigenvalue weighted by atomic mass is 10.2. The highest BCUT2D eigenvalue weighted by Gasteiger charge is 2.22. The average molecular weight is 466 g/mol. The number of amides is 2. The molecule has 0 radical (unpaired) electrons. The maximum absolute atomic E-state index is 12.4. The van der Waals surface area contributed by atoms with Crippen LogP contribution in [0.4, 0.5) is 21.1 Å². The molecular weight excluding hydrogens is 438 g/mol. The Labute approximate surface area is 197 Å². The van der Waals surface area contributed by atoms with Gasteiger partial charge in [-0.15, -0.1) is 0 Å². The first-order valence-electron chi connectivity index (χ1n) is 10.5. The summed E-state index contributed by atoms with van der Waals surface area (Å²) in [6.45, 7) is 5.46. The van der Waals surface area contributed by atoms with Crippen molar-refractivity contribution < 1.29 is 23.8 Å². The van der Waals surface area contributed by atoms with E-state index in [2.05, 4.69) is 20.3 Å². The lowest BCUT2D eigenvalue weighted by Gasteiger charge is -2.24. The first-order valence-corrected chi connectivity index (χ1v) is 10.5. The van der Waals surface area contributed by atoms with Crippen LogP contribution in [0.1, 0.15) is 26.3 Å². The molecule has 0 saturated carbocycles. The molecule has 1 N–H and O–H groups in total. The van der Waals surface area contributed by atoms with Crippen LogP contribution in [0.3, 0.4) is 0 Å². The van der Waals surface area contributed by atoms with Crippen LogP contribution in [0.2, 0.25) is 0 Å². The molecule has 178 valence electrons. The summed E-state index contributed by atoms with van der Waals surface area (Å²) in [4.78, 5) is 38.9. The summed E-state index contributed by atoms with van der Waals surface area (Å²) >= 11 is 0. The maximum Gasteiger partial charge on any atom is 0.415 e. The summed E-state index contributed by atoms with van der Waals surface area (Å²) in [5.41, 5.74) is 1.49. The fourth-order valence-corrected chi connectivity index (χ4v) is 2.79. The Bertz CT molecular complexity index is 1150. The molecular formula is C24H27N5O5. The third-order valence-electron chi connectivity index (χ3n) is 4.42. The molecule has 10 nitrogen and oxygen atoms in total. The van der Waals surface area contributed by atoms with Crippen LogP contribution < -0.4 is 15.0 Å². The summed E-state index contributed by atoms with van der Waals surface area (Å²) in [6, 6.07) is 11.0. The molecule has 0 aliphatic rings. The van der Waals surface area contributed by atoms with Gasteiger partial charge >= 0.3 is 12.2 Å². The topological polar surface area (TPSA) is 116 Å². The van der Waals surface area contributed by atoms with E-state index in [1.165, 1.54) is 30.6 Å². The molecule has 0 bridgehead atoms. The third-order valence-corrected chi connectivity index (χ3v) is 4.42.